The Morgan fingerprint density at radius 2 is 2.05 bits per heavy atom. The van der Waals surface area contributed by atoms with Gasteiger partial charge in [-0.2, -0.15) is 0 Å². The Bertz CT molecular complexity index is 566. The van der Waals surface area contributed by atoms with Crippen LogP contribution in [0.4, 0.5) is 0 Å². The first-order valence-electron chi connectivity index (χ1n) is 5.63. The van der Waals surface area contributed by atoms with Gasteiger partial charge in [0, 0.05) is 11.0 Å². The molecular formula is C14H12BrNO2S. The second kappa shape index (κ2) is 7.23. The number of amides is 1. The summed E-state index contributed by atoms with van der Waals surface area (Å²) in [5.74, 6) is -0.277. The van der Waals surface area contributed by atoms with Crippen molar-refractivity contribution in [3.8, 4) is 0 Å². The van der Waals surface area contributed by atoms with Gasteiger partial charge in [0.15, 0.2) is 0 Å². The zero-order valence-corrected chi connectivity index (χ0v) is 12.4. The van der Waals surface area contributed by atoms with Crippen molar-refractivity contribution in [2.75, 3.05) is 0 Å². The molecule has 1 aromatic heterocycles. The third-order valence-electron chi connectivity index (χ3n) is 2.25. The third kappa shape index (κ3) is 4.98. The van der Waals surface area contributed by atoms with Crippen LogP contribution in [-0.4, -0.2) is 5.91 Å². The zero-order valence-electron chi connectivity index (χ0n) is 10.0. The molecule has 2 aromatic rings. The molecule has 0 aliphatic rings. The lowest BCUT2D eigenvalue weighted by Gasteiger charge is -2.03. The van der Waals surface area contributed by atoms with Gasteiger partial charge < -0.3 is 0 Å². The van der Waals surface area contributed by atoms with Crippen LogP contribution in [0.25, 0.3) is 6.08 Å². The predicted molar refractivity (Wildman–Crippen MR) is 80.4 cm³/mol. The van der Waals surface area contributed by atoms with Crippen molar-refractivity contribution in [1.29, 1.82) is 0 Å². The molecule has 1 aromatic carbocycles. The van der Waals surface area contributed by atoms with Gasteiger partial charge in [-0.1, -0.05) is 30.3 Å². The molecule has 1 heterocycles. The molecule has 0 aliphatic heterocycles. The van der Waals surface area contributed by atoms with Gasteiger partial charge in [0.2, 0.25) is 0 Å². The Morgan fingerprint density at radius 3 is 2.74 bits per heavy atom. The molecule has 1 N–H and O–H groups in total. The van der Waals surface area contributed by atoms with Crippen LogP contribution in [0.1, 0.15) is 10.4 Å². The summed E-state index contributed by atoms with van der Waals surface area (Å²) < 4.78 is 1.04. The Balaban J connectivity index is 1.74. The van der Waals surface area contributed by atoms with E-state index in [0.29, 0.717) is 6.61 Å². The highest BCUT2D eigenvalue weighted by atomic mass is 79.9. The molecule has 0 spiro atoms. The molecule has 0 aliphatic carbocycles. The molecule has 3 nitrogen and oxygen atoms in total. The number of hydrogen-bond donors (Lipinski definition) is 1. The number of nitrogens with one attached hydrogen (secondary N) is 1. The van der Waals surface area contributed by atoms with E-state index < -0.39 is 0 Å². The molecule has 5 heteroatoms. The summed E-state index contributed by atoms with van der Waals surface area (Å²) in [6.07, 6.45) is 3.19. The van der Waals surface area contributed by atoms with Crippen LogP contribution in [0.15, 0.2) is 52.3 Å². The molecular weight excluding hydrogens is 326 g/mol. The summed E-state index contributed by atoms with van der Waals surface area (Å²) in [7, 11) is 0. The van der Waals surface area contributed by atoms with Gasteiger partial charge in [0.25, 0.3) is 5.91 Å². The maximum absolute atomic E-state index is 11.5. The van der Waals surface area contributed by atoms with Gasteiger partial charge in [-0.15, -0.1) is 11.3 Å². The number of rotatable bonds is 5. The molecule has 0 unspecified atom stereocenters. The first-order valence-corrected chi connectivity index (χ1v) is 7.24. The standard InChI is InChI=1S/C14H12BrNO2S/c15-13-8-6-12(19-13)7-9-14(17)16-18-10-11-4-2-1-3-5-11/h1-9H,10H2,(H,16,17)/b9-7+. The minimum Gasteiger partial charge on any atom is -0.269 e. The summed E-state index contributed by atoms with van der Waals surface area (Å²) in [5, 5.41) is 0. The number of carbonyl (C=O) groups excluding carboxylic acids is 1. The molecule has 0 saturated heterocycles. The normalized spacial score (nSPS) is 10.8. The highest BCUT2D eigenvalue weighted by Crippen LogP contribution is 2.22. The lowest BCUT2D eigenvalue weighted by molar-refractivity contribution is -0.129. The topological polar surface area (TPSA) is 38.3 Å². The maximum atomic E-state index is 11.5. The molecule has 0 fully saturated rings. The van der Waals surface area contributed by atoms with Crippen molar-refractivity contribution in [1.82, 2.24) is 5.48 Å². The van der Waals surface area contributed by atoms with E-state index >= 15 is 0 Å². The molecule has 0 radical (unpaired) electrons. The Hall–Kier alpha value is -1.43. The van der Waals surface area contributed by atoms with Crippen LogP contribution in [0.2, 0.25) is 0 Å². The molecule has 0 atom stereocenters. The van der Waals surface area contributed by atoms with Crippen molar-refractivity contribution < 1.29 is 9.63 Å². The number of hydroxylamine groups is 1. The largest absolute Gasteiger partial charge is 0.269 e. The lowest BCUT2D eigenvalue weighted by atomic mass is 10.2. The molecule has 1 amide bonds. The fraction of sp³-hybridized carbons (Fsp3) is 0.0714. The Kier molecular flexibility index (Phi) is 5.32. The van der Waals surface area contributed by atoms with E-state index in [0.717, 1.165) is 14.2 Å². The minimum absolute atomic E-state index is 0.277. The fourth-order valence-corrected chi connectivity index (χ4v) is 2.70. The summed E-state index contributed by atoms with van der Waals surface area (Å²) in [5.41, 5.74) is 3.38. The third-order valence-corrected chi connectivity index (χ3v) is 3.84. The van der Waals surface area contributed by atoms with Gasteiger partial charge in [0.1, 0.15) is 0 Å². The average molecular weight is 338 g/mol. The van der Waals surface area contributed by atoms with Crippen molar-refractivity contribution in [2.24, 2.45) is 0 Å². The fourth-order valence-electron chi connectivity index (χ4n) is 1.37. The van der Waals surface area contributed by atoms with Crippen LogP contribution in [-0.2, 0) is 16.2 Å². The summed E-state index contributed by atoms with van der Waals surface area (Å²) in [6.45, 7) is 0.352. The first kappa shape index (κ1) is 14.0. The van der Waals surface area contributed by atoms with E-state index in [2.05, 4.69) is 21.4 Å². The average Bonchev–Trinajstić information content (AvgIpc) is 2.83. The van der Waals surface area contributed by atoms with Gasteiger partial charge in [0.05, 0.1) is 10.4 Å². The van der Waals surface area contributed by atoms with Crippen molar-refractivity contribution in [2.45, 2.75) is 6.61 Å². The molecule has 2 rings (SSSR count). The lowest BCUT2D eigenvalue weighted by Crippen LogP contribution is -2.21. The van der Waals surface area contributed by atoms with Crippen molar-refractivity contribution >= 4 is 39.2 Å². The highest BCUT2D eigenvalue weighted by molar-refractivity contribution is 9.11. The second-order valence-corrected chi connectivity index (χ2v) is 6.21. The van der Waals surface area contributed by atoms with Crippen molar-refractivity contribution in [3.05, 3.63) is 62.8 Å². The Labute approximate surface area is 124 Å². The van der Waals surface area contributed by atoms with E-state index in [4.69, 9.17) is 4.84 Å². The van der Waals surface area contributed by atoms with Crippen LogP contribution in [0.5, 0.6) is 0 Å². The van der Waals surface area contributed by atoms with Gasteiger partial charge in [-0.25, -0.2) is 5.48 Å². The molecule has 98 valence electrons. The number of carbonyl (C=O) groups is 1. The van der Waals surface area contributed by atoms with Gasteiger partial charge >= 0.3 is 0 Å². The monoisotopic (exact) mass is 337 g/mol. The van der Waals surface area contributed by atoms with Crippen LogP contribution >= 0.6 is 27.3 Å². The van der Waals surface area contributed by atoms with E-state index in [9.17, 15) is 4.79 Å². The highest BCUT2D eigenvalue weighted by Gasteiger charge is 1.97. The summed E-state index contributed by atoms with van der Waals surface area (Å²) in [4.78, 5) is 17.6. The van der Waals surface area contributed by atoms with Crippen LogP contribution in [0, 0.1) is 0 Å². The SMILES string of the molecule is O=C(/C=C/c1ccc(Br)s1)NOCc1ccccc1. The van der Waals surface area contributed by atoms with Gasteiger partial charge in [-0.05, 0) is 39.7 Å². The molecule has 0 bridgehead atoms. The number of benzene rings is 1. The minimum atomic E-state index is -0.277. The van der Waals surface area contributed by atoms with E-state index in [-0.39, 0.29) is 5.91 Å². The van der Waals surface area contributed by atoms with Crippen LogP contribution in [0.3, 0.4) is 0 Å². The Morgan fingerprint density at radius 1 is 1.26 bits per heavy atom. The summed E-state index contributed by atoms with van der Waals surface area (Å²) >= 11 is 4.93. The zero-order chi connectivity index (χ0) is 13.5. The van der Waals surface area contributed by atoms with E-state index in [1.807, 2.05) is 42.5 Å². The number of halogens is 1. The second-order valence-electron chi connectivity index (χ2n) is 3.72. The van der Waals surface area contributed by atoms with E-state index in [1.54, 1.807) is 17.4 Å². The first-order chi connectivity index (χ1) is 9.24. The van der Waals surface area contributed by atoms with Gasteiger partial charge in [-0.3, -0.25) is 9.63 Å². The quantitative estimate of drug-likeness (QED) is 0.666. The van der Waals surface area contributed by atoms with E-state index in [1.165, 1.54) is 6.08 Å². The number of hydrogen-bond acceptors (Lipinski definition) is 3. The summed E-state index contributed by atoms with van der Waals surface area (Å²) in [6, 6.07) is 13.5. The molecule has 0 saturated carbocycles. The van der Waals surface area contributed by atoms with Crippen molar-refractivity contribution in [3.63, 3.8) is 0 Å². The number of thiophene rings is 1. The van der Waals surface area contributed by atoms with Crippen LogP contribution < -0.4 is 5.48 Å². The predicted octanol–water partition coefficient (Wildman–Crippen LogP) is 3.77. The smallest absolute Gasteiger partial charge is 0.267 e. The maximum Gasteiger partial charge on any atom is 0.267 e. The molecule has 19 heavy (non-hydrogen) atoms.